The smallest absolute Gasteiger partial charge is 0.445 e. The number of alkyl halides is 3. The third-order valence-corrected chi connectivity index (χ3v) is 6.16. The number of anilines is 1. The number of ether oxygens (including phenoxy) is 2. The van der Waals surface area contributed by atoms with Crippen molar-refractivity contribution in [3.63, 3.8) is 0 Å². The maximum Gasteiger partial charge on any atom is 0.445 e. The number of fused-ring (bicyclic) bond motifs is 2. The molecule has 2 aliphatic heterocycles. The monoisotopic (exact) mass is 477 g/mol. The normalized spacial score (nSPS) is 17.4. The van der Waals surface area contributed by atoms with Gasteiger partial charge in [-0.3, -0.25) is 10.1 Å². The van der Waals surface area contributed by atoms with Crippen LogP contribution in [0.5, 0.6) is 11.5 Å². The Morgan fingerprint density at radius 2 is 1.85 bits per heavy atom. The first-order valence-electron chi connectivity index (χ1n) is 9.67. The molecule has 1 aromatic heterocycles. The van der Waals surface area contributed by atoms with Gasteiger partial charge in [-0.15, -0.1) is 10.2 Å². The van der Waals surface area contributed by atoms with E-state index in [-0.39, 0.29) is 23.7 Å². The number of non-ortho nitro benzene ring substituents is 1. The quantitative estimate of drug-likeness (QED) is 0.407. The molecule has 13 heteroatoms. The van der Waals surface area contributed by atoms with E-state index in [1.165, 1.54) is 17.1 Å². The largest absolute Gasteiger partial charge is 0.454 e. The molecule has 0 amide bonds. The zero-order chi connectivity index (χ0) is 23.3. The number of rotatable bonds is 3. The van der Waals surface area contributed by atoms with E-state index in [9.17, 15) is 23.3 Å². The summed E-state index contributed by atoms with van der Waals surface area (Å²) in [6.07, 6.45) is -4.19. The van der Waals surface area contributed by atoms with Gasteiger partial charge in [0.05, 0.1) is 16.7 Å². The molecule has 3 aromatic rings. The number of hydrazone groups is 1. The highest BCUT2D eigenvalue weighted by atomic mass is 32.1. The highest BCUT2D eigenvalue weighted by molar-refractivity contribution is 7.15. The second-order valence-electron chi connectivity index (χ2n) is 7.40. The van der Waals surface area contributed by atoms with Crippen molar-refractivity contribution in [2.75, 3.05) is 11.8 Å². The second-order valence-corrected chi connectivity index (χ2v) is 8.36. The molecular formula is C20H14F3N5O4S. The van der Waals surface area contributed by atoms with E-state index in [2.05, 4.69) is 15.3 Å². The molecule has 33 heavy (non-hydrogen) atoms. The first kappa shape index (κ1) is 21.1. The molecule has 0 aliphatic carbocycles. The molecule has 5 rings (SSSR count). The molecule has 0 radical (unpaired) electrons. The van der Waals surface area contributed by atoms with Crippen molar-refractivity contribution in [1.29, 1.82) is 0 Å². The summed E-state index contributed by atoms with van der Waals surface area (Å²) >= 11 is 0.397. The van der Waals surface area contributed by atoms with Gasteiger partial charge in [-0.1, -0.05) is 11.3 Å². The first-order chi connectivity index (χ1) is 15.7. The Kier molecular flexibility index (Phi) is 4.92. The highest BCUT2D eigenvalue weighted by Crippen LogP contribution is 2.40. The summed E-state index contributed by atoms with van der Waals surface area (Å²) in [5, 5.41) is 23.0. The summed E-state index contributed by atoms with van der Waals surface area (Å²) in [5.74, 6) is 1.08. The third-order valence-electron chi connectivity index (χ3n) is 5.20. The van der Waals surface area contributed by atoms with Crippen molar-refractivity contribution in [2.24, 2.45) is 5.10 Å². The van der Waals surface area contributed by atoms with Crippen molar-refractivity contribution in [3.8, 4) is 11.5 Å². The molecule has 9 nitrogen and oxygen atoms in total. The van der Waals surface area contributed by atoms with E-state index in [1.54, 1.807) is 18.2 Å². The van der Waals surface area contributed by atoms with Gasteiger partial charge in [0.1, 0.15) is 0 Å². The molecule has 3 heterocycles. The van der Waals surface area contributed by atoms with Crippen LogP contribution in [-0.2, 0) is 12.6 Å². The minimum absolute atomic E-state index is 0.0120. The van der Waals surface area contributed by atoms with E-state index in [4.69, 9.17) is 9.47 Å². The summed E-state index contributed by atoms with van der Waals surface area (Å²) in [6, 6.07) is 8.98. The topological polar surface area (TPSA) is 103 Å². The van der Waals surface area contributed by atoms with E-state index < -0.39 is 16.1 Å². The minimum atomic E-state index is -4.62. The molecule has 0 fully saturated rings. The predicted octanol–water partition coefficient (Wildman–Crippen LogP) is 4.40. The fourth-order valence-corrected chi connectivity index (χ4v) is 4.41. The number of hydrogen-bond acceptors (Lipinski definition) is 9. The van der Waals surface area contributed by atoms with Gasteiger partial charge in [-0.25, -0.2) is 5.01 Å². The van der Waals surface area contributed by atoms with E-state index >= 15 is 0 Å². The Balaban J connectivity index is 1.66. The maximum absolute atomic E-state index is 13.1. The average molecular weight is 477 g/mol. The number of halogens is 3. The Bertz CT molecular complexity index is 1280. The van der Waals surface area contributed by atoms with E-state index in [0.717, 1.165) is 5.56 Å². The number of aromatic nitrogens is 2. The fourth-order valence-electron chi connectivity index (χ4n) is 3.65. The van der Waals surface area contributed by atoms with Gasteiger partial charge in [0.25, 0.3) is 5.69 Å². The van der Waals surface area contributed by atoms with E-state index in [1.807, 2.05) is 13.0 Å². The van der Waals surface area contributed by atoms with Gasteiger partial charge in [0.15, 0.2) is 11.5 Å². The Morgan fingerprint density at radius 3 is 2.48 bits per heavy atom. The number of benzene rings is 2. The van der Waals surface area contributed by atoms with Crippen molar-refractivity contribution in [1.82, 2.24) is 10.2 Å². The van der Waals surface area contributed by atoms with Crippen LogP contribution in [0.4, 0.5) is 24.0 Å². The van der Waals surface area contributed by atoms with Crippen LogP contribution >= 0.6 is 11.3 Å². The lowest BCUT2D eigenvalue weighted by molar-refractivity contribution is -0.384. The summed E-state index contributed by atoms with van der Waals surface area (Å²) in [4.78, 5) is 10.5. The van der Waals surface area contributed by atoms with Crippen LogP contribution in [-0.4, -0.2) is 33.7 Å². The molecule has 2 aliphatic rings. The van der Waals surface area contributed by atoms with Crippen LogP contribution in [0, 0.1) is 10.1 Å². The third kappa shape index (κ3) is 3.84. The standard InChI is InChI=1S/C20H14F3N5O4S/c1-10-6-12-7-15-16(32-9-31-15)8-14(12)17(11-2-4-13(5-3-11)28(29)30)26-27(10)19-25-24-18(33-19)20(21,22)23/h2-5,7-8,10H,6,9H2,1H3. The molecule has 0 bridgehead atoms. The van der Waals surface area contributed by atoms with Gasteiger partial charge < -0.3 is 9.47 Å². The summed E-state index contributed by atoms with van der Waals surface area (Å²) < 4.78 is 50.3. The van der Waals surface area contributed by atoms with Gasteiger partial charge >= 0.3 is 6.18 Å². The molecule has 1 atom stereocenters. The van der Waals surface area contributed by atoms with Crippen LogP contribution in [0.3, 0.4) is 0 Å². The molecular weight excluding hydrogens is 463 g/mol. The lowest BCUT2D eigenvalue weighted by Crippen LogP contribution is -2.29. The zero-order valence-corrected chi connectivity index (χ0v) is 17.7. The Morgan fingerprint density at radius 1 is 1.15 bits per heavy atom. The Labute approximate surface area is 188 Å². The zero-order valence-electron chi connectivity index (χ0n) is 16.9. The lowest BCUT2D eigenvalue weighted by Gasteiger charge is -2.21. The molecule has 2 aromatic carbocycles. The first-order valence-corrected chi connectivity index (χ1v) is 10.5. The molecule has 170 valence electrons. The van der Waals surface area contributed by atoms with Crippen molar-refractivity contribution >= 4 is 27.9 Å². The summed E-state index contributed by atoms with van der Waals surface area (Å²) in [5.41, 5.74) is 2.38. The highest BCUT2D eigenvalue weighted by Gasteiger charge is 2.37. The van der Waals surface area contributed by atoms with Gasteiger partial charge in [0.2, 0.25) is 16.9 Å². The minimum Gasteiger partial charge on any atom is -0.454 e. The van der Waals surface area contributed by atoms with Gasteiger partial charge in [-0.2, -0.15) is 18.3 Å². The van der Waals surface area contributed by atoms with Crippen LogP contribution in [0.25, 0.3) is 0 Å². The molecule has 0 saturated heterocycles. The molecule has 1 unspecified atom stereocenters. The predicted molar refractivity (Wildman–Crippen MR) is 112 cm³/mol. The fraction of sp³-hybridized carbons (Fsp3) is 0.250. The maximum atomic E-state index is 13.1. The van der Waals surface area contributed by atoms with Crippen molar-refractivity contribution < 1.29 is 27.6 Å². The summed E-state index contributed by atoms with van der Waals surface area (Å²) in [6.45, 7) is 1.89. The van der Waals surface area contributed by atoms with Crippen molar-refractivity contribution in [2.45, 2.75) is 25.6 Å². The molecule has 0 N–H and O–H groups in total. The molecule has 0 saturated carbocycles. The average Bonchev–Trinajstić information content (AvgIpc) is 3.41. The van der Waals surface area contributed by atoms with Crippen LogP contribution in [0.2, 0.25) is 0 Å². The van der Waals surface area contributed by atoms with Crippen molar-refractivity contribution in [3.05, 3.63) is 68.2 Å². The Hall–Kier alpha value is -3.74. The van der Waals surface area contributed by atoms with Crippen LogP contribution in [0.1, 0.15) is 28.6 Å². The van der Waals surface area contributed by atoms with Crippen LogP contribution in [0.15, 0.2) is 41.5 Å². The number of nitrogens with zero attached hydrogens (tertiary/aromatic N) is 5. The number of hydrogen-bond donors (Lipinski definition) is 0. The van der Waals surface area contributed by atoms with Gasteiger partial charge in [0, 0.05) is 23.3 Å². The molecule has 0 spiro atoms. The van der Waals surface area contributed by atoms with E-state index in [0.29, 0.717) is 46.1 Å². The number of nitro benzene ring substituents is 1. The van der Waals surface area contributed by atoms with Gasteiger partial charge in [-0.05, 0) is 43.2 Å². The lowest BCUT2D eigenvalue weighted by atomic mass is 9.94. The second kappa shape index (κ2) is 7.69. The summed E-state index contributed by atoms with van der Waals surface area (Å²) in [7, 11) is 0. The number of nitro groups is 1. The van der Waals surface area contributed by atoms with Crippen LogP contribution < -0.4 is 14.5 Å². The SMILES string of the molecule is CC1Cc2cc3c(cc2C(c2ccc([N+](=O)[O-])cc2)=NN1c1nnc(C(F)(F)F)s1)OCO3.